The zero-order valence-electron chi connectivity index (χ0n) is 17.3. The normalized spacial score (nSPS) is 11.2. The number of benzene rings is 3. The fraction of sp³-hybridized carbons (Fsp3) is 0.174. The zero-order valence-corrected chi connectivity index (χ0v) is 18.9. The smallest absolute Gasteiger partial charge is 0.262 e. The van der Waals surface area contributed by atoms with Gasteiger partial charge in [0.15, 0.2) is 0 Å². The number of rotatable bonds is 6. The molecule has 7 heteroatoms. The lowest BCUT2D eigenvalue weighted by Gasteiger charge is -2.14. The Morgan fingerprint density at radius 2 is 1.67 bits per heavy atom. The Morgan fingerprint density at radius 3 is 2.37 bits per heavy atom. The third-order valence-corrected chi connectivity index (χ3v) is 6.93. The molecular formula is C23H24N2O3S2. The van der Waals surface area contributed by atoms with Gasteiger partial charge in [-0.3, -0.25) is 9.52 Å². The fourth-order valence-electron chi connectivity index (χ4n) is 3.06. The lowest BCUT2D eigenvalue weighted by Crippen LogP contribution is -2.17. The molecule has 0 aliphatic carbocycles. The molecule has 0 unspecified atom stereocenters. The maximum absolute atomic E-state index is 13.0. The summed E-state index contributed by atoms with van der Waals surface area (Å²) in [6.45, 7) is 5.51. The van der Waals surface area contributed by atoms with Crippen LogP contribution in [0.5, 0.6) is 0 Å². The molecule has 0 saturated heterocycles. The standard InChI is InChI=1S/C23H24N2O3S2/c1-15-8-11-21(17(3)12-15)25-30(27,28)22-13-18(10-9-16(22)2)23(26)24-19-6-5-7-20(14-19)29-4/h5-14,25H,1-4H3,(H,24,26). The molecule has 0 aliphatic heterocycles. The molecule has 0 saturated carbocycles. The monoisotopic (exact) mass is 440 g/mol. The quantitative estimate of drug-likeness (QED) is 0.504. The number of sulfonamides is 1. The molecule has 0 aromatic heterocycles. The molecule has 0 fully saturated rings. The van der Waals surface area contributed by atoms with Gasteiger partial charge in [-0.15, -0.1) is 11.8 Å². The SMILES string of the molecule is CSc1cccc(NC(=O)c2ccc(C)c(S(=O)(=O)Nc3ccc(C)cc3C)c2)c1. The molecule has 3 rings (SSSR count). The summed E-state index contributed by atoms with van der Waals surface area (Å²) in [5.41, 5.74) is 3.90. The van der Waals surface area contributed by atoms with Gasteiger partial charge in [0, 0.05) is 16.1 Å². The van der Waals surface area contributed by atoms with Crippen LogP contribution in [0.1, 0.15) is 27.0 Å². The van der Waals surface area contributed by atoms with Crippen molar-refractivity contribution in [3.8, 4) is 0 Å². The van der Waals surface area contributed by atoms with E-state index in [4.69, 9.17) is 0 Å². The summed E-state index contributed by atoms with van der Waals surface area (Å²) in [4.78, 5) is 13.8. The van der Waals surface area contributed by atoms with Gasteiger partial charge in [-0.2, -0.15) is 0 Å². The van der Waals surface area contributed by atoms with Crippen LogP contribution in [0.15, 0.2) is 70.5 Å². The summed E-state index contributed by atoms with van der Waals surface area (Å²) >= 11 is 1.58. The van der Waals surface area contributed by atoms with Gasteiger partial charge in [-0.25, -0.2) is 8.42 Å². The molecule has 3 aromatic rings. The van der Waals surface area contributed by atoms with Crippen molar-refractivity contribution in [2.45, 2.75) is 30.6 Å². The Bertz CT molecular complexity index is 1200. The van der Waals surface area contributed by atoms with Crippen molar-refractivity contribution in [3.05, 3.63) is 82.9 Å². The topological polar surface area (TPSA) is 75.3 Å². The van der Waals surface area contributed by atoms with Crippen LogP contribution >= 0.6 is 11.8 Å². The average molecular weight is 441 g/mol. The summed E-state index contributed by atoms with van der Waals surface area (Å²) in [7, 11) is -3.85. The highest BCUT2D eigenvalue weighted by molar-refractivity contribution is 7.98. The molecule has 3 aromatic carbocycles. The van der Waals surface area contributed by atoms with E-state index in [1.165, 1.54) is 6.07 Å². The molecule has 0 heterocycles. The Balaban J connectivity index is 1.89. The third kappa shape index (κ3) is 5.04. The van der Waals surface area contributed by atoms with E-state index in [-0.39, 0.29) is 16.4 Å². The number of thioether (sulfide) groups is 1. The van der Waals surface area contributed by atoms with Crippen molar-refractivity contribution in [3.63, 3.8) is 0 Å². The van der Waals surface area contributed by atoms with E-state index in [0.717, 1.165) is 16.0 Å². The van der Waals surface area contributed by atoms with E-state index in [0.29, 0.717) is 16.9 Å². The van der Waals surface area contributed by atoms with Gasteiger partial charge in [-0.05, 0) is 74.6 Å². The number of carbonyl (C=O) groups is 1. The highest BCUT2D eigenvalue weighted by Crippen LogP contribution is 2.24. The van der Waals surface area contributed by atoms with Gasteiger partial charge in [0.25, 0.3) is 15.9 Å². The Hall–Kier alpha value is -2.77. The molecule has 0 bridgehead atoms. The van der Waals surface area contributed by atoms with Crippen molar-refractivity contribution in [2.75, 3.05) is 16.3 Å². The Kier molecular flexibility index (Phi) is 6.53. The predicted octanol–water partition coefficient (Wildman–Crippen LogP) is 5.39. The first-order valence-corrected chi connectivity index (χ1v) is 12.1. The highest BCUT2D eigenvalue weighted by Gasteiger charge is 2.20. The van der Waals surface area contributed by atoms with Crippen LogP contribution in [0.4, 0.5) is 11.4 Å². The van der Waals surface area contributed by atoms with Crippen LogP contribution in [0.3, 0.4) is 0 Å². The molecule has 1 amide bonds. The van der Waals surface area contributed by atoms with Gasteiger partial charge < -0.3 is 5.32 Å². The maximum Gasteiger partial charge on any atom is 0.262 e. The van der Waals surface area contributed by atoms with Gasteiger partial charge in [0.05, 0.1) is 10.6 Å². The number of amides is 1. The second kappa shape index (κ2) is 8.93. The molecule has 5 nitrogen and oxygen atoms in total. The minimum atomic E-state index is -3.85. The summed E-state index contributed by atoms with van der Waals surface area (Å²) in [5.74, 6) is -0.365. The van der Waals surface area contributed by atoms with Gasteiger partial charge in [-0.1, -0.05) is 29.8 Å². The van der Waals surface area contributed by atoms with E-state index in [9.17, 15) is 13.2 Å². The number of nitrogens with one attached hydrogen (secondary N) is 2. The molecule has 0 spiro atoms. The lowest BCUT2D eigenvalue weighted by atomic mass is 10.1. The van der Waals surface area contributed by atoms with Crippen LogP contribution in [-0.2, 0) is 10.0 Å². The zero-order chi connectivity index (χ0) is 21.9. The summed E-state index contributed by atoms with van der Waals surface area (Å²) in [5, 5.41) is 2.83. The second-order valence-electron chi connectivity index (χ2n) is 7.09. The largest absolute Gasteiger partial charge is 0.322 e. The van der Waals surface area contributed by atoms with Crippen molar-refractivity contribution >= 4 is 39.1 Å². The first-order chi connectivity index (χ1) is 14.2. The maximum atomic E-state index is 13.0. The first kappa shape index (κ1) is 21.9. The lowest BCUT2D eigenvalue weighted by molar-refractivity contribution is 0.102. The molecular weight excluding hydrogens is 416 g/mol. The summed E-state index contributed by atoms with van der Waals surface area (Å²) in [6, 6.07) is 17.7. The van der Waals surface area contributed by atoms with Crippen molar-refractivity contribution < 1.29 is 13.2 Å². The van der Waals surface area contributed by atoms with Crippen molar-refractivity contribution in [1.29, 1.82) is 0 Å². The fourth-order valence-corrected chi connectivity index (χ4v) is 4.92. The first-order valence-electron chi connectivity index (χ1n) is 9.36. The highest BCUT2D eigenvalue weighted by atomic mass is 32.2. The number of anilines is 2. The van der Waals surface area contributed by atoms with E-state index in [2.05, 4.69) is 10.0 Å². The molecule has 2 N–H and O–H groups in total. The summed E-state index contributed by atoms with van der Waals surface area (Å²) in [6.07, 6.45) is 1.96. The number of aryl methyl sites for hydroxylation is 3. The molecule has 156 valence electrons. The van der Waals surface area contributed by atoms with Crippen LogP contribution < -0.4 is 10.0 Å². The van der Waals surface area contributed by atoms with Gasteiger partial charge in [0.2, 0.25) is 0 Å². The minimum Gasteiger partial charge on any atom is -0.322 e. The van der Waals surface area contributed by atoms with Crippen LogP contribution in [0.2, 0.25) is 0 Å². The molecule has 0 radical (unpaired) electrons. The van der Waals surface area contributed by atoms with Crippen LogP contribution in [0.25, 0.3) is 0 Å². The van der Waals surface area contributed by atoms with Crippen molar-refractivity contribution in [2.24, 2.45) is 0 Å². The van der Waals surface area contributed by atoms with E-state index >= 15 is 0 Å². The van der Waals surface area contributed by atoms with Crippen LogP contribution in [0, 0.1) is 20.8 Å². The number of hydrogen-bond acceptors (Lipinski definition) is 4. The molecule has 0 atom stereocenters. The average Bonchev–Trinajstić information content (AvgIpc) is 2.70. The Morgan fingerprint density at radius 1 is 0.900 bits per heavy atom. The third-order valence-electron chi connectivity index (χ3n) is 4.69. The van der Waals surface area contributed by atoms with E-state index < -0.39 is 10.0 Å². The number of hydrogen-bond donors (Lipinski definition) is 2. The Labute approximate surface area is 182 Å². The molecule has 30 heavy (non-hydrogen) atoms. The van der Waals surface area contributed by atoms with Crippen molar-refractivity contribution in [1.82, 2.24) is 0 Å². The summed E-state index contributed by atoms with van der Waals surface area (Å²) < 4.78 is 28.7. The van der Waals surface area contributed by atoms with E-state index in [1.54, 1.807) is 43.0 Å². The van der Waals surface area contributed by atoms with Gasteiger partial charge >= 0.3 is 0 Å². The predicted molar refractivity (Wildman–Crippen MR) is 124 cm³/mol. The minimum absolute atomic E-state index is 0.0768. The second-order valence-corrected chi connectivity index (χ2v) is 9.62. The van der Waals surface area contributed by atoms with Crippen LogP contribution in [-0.4, -0.2) is 20.6 Å². The number of carbonyl (C=O) groups excluding carboxylic acids is 1. The van der Waals surface area contributed by atoms with E-state index in [1.807, 2.05) is 50.4 Å². The molecule has 0 aliphatic rings. The van der Waals surface area contributed by atoms with Gasteiger partial charge in [0.1, 0.15) is 0 Å².